The van der Waals surface area contributed by atoms with Gasteiger partial charge in [-0.1, -0.05) is 5.92 Å². The minimum Gasteiger partial charge on any atom is -0.398 e. The van der Waals surface area contributed by atoms with E-state index in [1.54, 1.807) is 6.20 Å². The van der Waals surface area contributed by atoms with Crippen LogP contribution in [0.25, 0.3) is 0 Å². The average molecular weight is 245 g/mol. The Morgan fingerprint density at radius 3 is 2.33 bits per heavy atom. The zero-order valence-electron chi connectivity index (χ0n) is 11.0. The summed E-state index contributed by atoms with van der Waals surface area (Å²) >= 11 is 0. The van der Waals surface area contributed by atoms with Gasteiger partial charge in [0.05, 0.1) is 22.4 Å². The summed E-state index contributed by atoms with van der Waals surface area (Å²) in [6.45, 7) is 7.79. The summed E-state index contributed by atoms with van der Waals surface area (Å²) in [5, 5.41) is 0. The Balaban J connectivity index is 2.46. The molecule has 18 heavy (non-hydrogen) atoms. The van der Waals surface area contributed by atoms with Gasteiger partial charge in [-0.2, -0.15) is 0 Å². The molecule has 0 atom stereocenters. The van der Waals surface area contributed by atoms with Crippen molar-refractivity contribution in [1.29, 1.82) is 0 Å². The highest BCUT2D eigenvalue weighted by atomic mass is 16.7. The average Bonchev–Trinajstić information content (AvgIpc) is 2.47. The maximum absolute atomic E-state index is 11.7. The molecule has 1 aliphatic rings. The lowest BCUT2D eigenvalue weighted by atomic mass is 9.81. The molecule has 0 aromatic carbocycles. The van der Waals surface area contributed by atoms with Crippen LogP contribution in [0.1, 0.15) is 33.3 Å². The number of hydrogen-bond donors (Lipinski definition) is 1. The smallest absolute Gasteiger partial charge is 0.398 e. The Kier molecular flexibility index (Phi) is 2.88. The fraction of sp³-hybridized carbons (Fsp3) is 0.462. The van der Waals surface area contributed by atoms with Crippen molar-refractivity contribution in [2.75, 3.05) is 0 Å². The SMILES string of the molecule is C#Cc1c(B2OC(C)(C)C(C)(C)O2)[nH]ccc1=O. The van der Waals surface area contributed by atoms with Crippen LogP contribution >= 0.6 is 0 Å². The van der Waals surface area contributed by atoms with E-state index in [9.17, 15) is 4.79 Å². The third-order valence-corrected chi connectivity index (χ3v) is 3.62. The first-order chi connectivity index (χ1) is 8.28. The van der Waals surface area contributed by atoms with E-state index in [0.717, 1.165) is 0 Å². The summed E-state index contributed by atoms with van der Waals surface area (Å²) in [6.07, 6.45) is 6.92. The summed E-state index contributed by atoms with van der Waals surface area (Å²) in [4.78, 5) is 14.6. The van der Waals surface area contributed by atoms with E-state index in [1.807, 2.05) is 27.7 Å². The monoisotopic (exact) mass is 245 g/mol. The molecule has 1 N–H and O–H groups in total. The second-order valence-corrected chi connectivity index (χ2v) is 5.36. The van der Waals surface area contributed by atoms with Crippen molar-refractivity contribution in [1.82, 2.24) is 4.98 Å². The minimum atomic E-state index is -0.644. The Hall–Kier alpha value is -1.51. The first-order valence-corrected chi connectivity index (χ1v) is 5.82. The van der Waals surface area contributed by atoms with Gasteiger partial charge >= 0.3 is 7.12 Å². The van der Waals surface area contributed by atoms with Crippen molar-refractivity contribution in [2.45, 2.75) is 38.9 Å². The number of nitrogens with one attached hydrogen (secondary N) is 1. The van der Waals surface area contributed by atoms with Crippen molar-refractivity contribution in [2.24, 2.45) is 0 Å². The fourth-order valence-electron chi connectivity index (χ4n) is 1.79. The van der Waals surface area contributed by atoms with Crippen molar-refractivity contribution < 1.29 is 9.31 Å². The number of rotatable bonds is 1. The summed E-state index contributed by atoms with van der Waals surface area (Å²) in [5.41, 5.74) is -0.368. The van der Waals surface area contributed by atoms with E-state index in [4.69, 9.17) is 15.7 Å². The molecular formula is C13H16BNO3. The highest BCUT2D eigenvalue weighted by Crippen LogP contribution is 2.36. The van der Waals surface area contributed by atoms with E-state index in [0.29, 0.717) is 5.59 Å². The second kappa shape index (κ2) is 4.01. The van der Waals surface area contributed by atoms with Gasteiger partial charge in [-0.25, -0.2) is 0 Å². The zero-order valence-corrected chi connectivity index (χ0v) is 11.0. The predicted molar refractivity (Wildman–Crippen MR) is 70.7 cm³/mol. The molecule has 1 saturated heterocycles. The minimum absolute atomic E-state index is 0.207. The Bertz CT molecular complexity index is 552. The summed E-state index contributed by atoms with van der Waals surface area (Å²) < 4.78 is 11.7. The Morgan fingerprint density at radius 2 is 1.83 bits per heavy atom. The molecular weight excluding hydrogens is 229 g/mol. The van der Waals surface area contributed by atoms with Crippen LogP contribution in [0.4, 0.5) is 0 Å². The standard InChI is InChI=1S/C13H16BNO3/c1-6-9-10(16)7-8-15-11(9)14-17-12(2,3)13(4,5)18-14/h1,7-8H,2-5H3,(H,15,16). The predicted octanol–water partition coefficient (Wildman–Crippen LogP) is 0.655. The number of aromatic amines is 1. The van der Waals surface area contributed by atoms with E-state index in [-0.39, 0.29) is 11.0 Å². The van der Waals surface area contributed by atoms with Crippen LogP contribution in [-0.2, 0) is 9.31 Å². The maximum Gasteiger partial charge on any atom is 0.513 e. The number of aromatic nitrogens is 1. The summed E-state index contributed by atoms with van der Waals surface area (Å²) in [6, 6.07) is 1.39. The lowest BCUT2D eigenvalue weighted by Gasteiger charge is -2.32. The second-order valence-electron chi connectivity index (χ2n) is 5.36. The van der Waals surface area contributed by atoms with E-state index in [1.165, 1.54) is 6.07 Å². The quantitative estimate of drug-likeness (QED) is 0.584. The van der Waals surface area contributed by atoms with Gasteiger partial charge in [-0.05, 0) is 27.7 Å². The largest absolute Gasteiger partial charge is 0.513 e. The molecule has 0 amide bonds. The van der Waals surface area contributed by atoms with Gasteiger partial charge in [-0.15, -0.1) is 6.42 Å². The topological polar surface area (TPSA) is 51.3 Å². The molecule has 1 aliphatic heterocycles. The molecule has 0 aliphatic carbocycles. The third kappa shape index (κ3) is 1.88. The van der Waals surface area contributed by atoms with Gasteiger partial charge in [0.25, 0.3) is 0 Å². The van der Waals surface area contributed by atoms with Gasteiger partial charge in [0, 0.05) is 12.3 Å². The Morgan fingerprint density at radius 1 is 1.28 bits per heavy atom. The molecule has 0 spiro atoms. The number of H-pyrrole nitrogens is 1. The molecule has 0 unspecified atom stereocenters. The van der Waals surface area contributed by atoms with Crippen LogP contribution in [0.2, 0.25) is 0 Å². The van der Waals surface area contributed by atoms with E-state index in [2.05, 4.69) is 10.9 Å². The Labute approximate surface area is 107 Å². The van der Waals surface area contributed by atoms with Gasteiger partial charge in [-0.3, -0.25) is 4.79 Å². The van der Waals surface area contributed by atoms with Crippen LogP contribution in [-0.4, -0.2) is 23.3 Å². The van der Waals surface area contributed by atoms with Gasteiger partial charge < -0.3 is 14.3 Å². The molecule has 1 fully saturated rings. The molecule has 1 aromatic rings. The van der Waals surface area contributed by atoms with Crippen molar-refractivity contribution >= 4 is 12.7 Å². The van der Waals surface area contributed by atoms with Crippen molar-refractivity contribution in [3.8, 4) is 12.3 Å². The van der Waals surface area contributed by atoms with Crippen molar-refractivity contribution in [3.05, 3.63) is 28.0 Å². The lowest BCUT2D eigenvalue weighted by molar-refractivity contribution is 0.00578. The highest BCUT2D eigenvalue weighted by Gasteiger charge is 2.52. The van der Waals surface area contributed by atoms with Crippen LogP contribution in [0.3, 0.4) is 0 Å². The zero-order chi connectivity index (χ0) is 13.6. The van der Waals surface area contributed by atoms with Gasteiger partial charge in [0.1, 0.15) is 0 Å². The summed E-state index contributed by atoms with van der Waals surface area (Å²) in [7, 11) is -0.644. The molecule has 2 heterocycles. The molecule has 1 aromatic heterocycles. The van der Waals surface area contributed by atoms with Gasteiger partial charge in [0.2, 0.25) is 0 Å². The number of terminal acetylenes is 1. The lowest BCUT2D eigenvalue weighted by Crippen LogP contribution is -2.41. The first kappa shape index (κ1) is 12.9. The van der Waals surface area contributed by atoms with E-state index >= 15 is 0 Å². The van der Waals surface area contributed by atoms with Gasteiger partial charge in [0.15, 0.2) is 5.43 Å². The molecule has 2 rings (SSSR count). The number of hydrogen-bond acceptors (Lipinski definition) is 3. The van der Waals surface area contributed by atoms with Crippen LogP contribution < -0.4 is 11.0 Å². The van der Waals surface area contributed by atoms with Crippen LogP contribution in [0.5, 0.6) is 0 Å². The molecule has 0 radical (unpaired) electrons. The third-order valence-electron chi connectivity index (χ3n) is 3.62. The van der Waals surface area contributed by atoms with Crippen LogP contribution in [0.15, 0.2) is 17.1 Å². The molecule has 94 valence electrons. The fourth-order valence-corrected chi connectivity index (χ4v) is 1.79. The molecule has 5 heteroatoms. The van der Waals surface area contributed by atoms with Crippen molar-refractivity contribution in [3.63, 3.8) is 0 Å². The molecule has 0 saturated carbocycles. The first-order valence-electron chi connectivity index (χ1n) is 5.82. The summed E-state index contributed by atoms with van der Waals surface area (Å²) in [5.74, 6) is 2.39. The normalized spacial score (nSPS) is 20.7. The molecule has 4 nitrogen and oxygen atoms in total. The molecule has 0 bridgehead atoms. The van der Waals surface area contributed by atoms with E-state index < -0.39 is 18.3 Å². The number of pyridine rings is 1. The highest BCUT2D eigenvalue weighted by molar-refractivity contribution is 6.61. The maximum atomic E-state index is 11.7. The van der Waals surface area contributed by atoms with Crippen LogP contribution in [0, 0.1) is 12.3 Å².